The van der Waals surface area contributed by atoms with Crippen molar-refractivity contribution in [2.45, 2.75) is 13.3 Å². The second-order valence-electron chi connectivity index (χ2n) is 2.45. The fourth-order valence-corrected chi connectivity index (χ4v) is 1.23. The largest absolute Gasteiger partial charge is 0.381 e. The van der Waals surface area contributed by atoms with Gasteiger partial charge in [-0.2, -0.15) is 0 Å². The molecule has 1 N–H and O–H groups in total. The number of halogens is 1. The van der Waals surface area contributed by atoms with Gasteiger partial charge in [-0.05, 0) is 22.9 Å². The average Bonchev–Trinajstić information content (AvgIpc) is 2.12. The molecule has 0 aliphatic heterocycles. The summed E-state index contributed by atoms with van der Waals surface area (Å²) in [5.41, 5.74) is 0. The Hall–Kier alpha value is -0.260. The van der Waals surface area contributed by atoms with Gasteiger partial charge >= 0.3 is 0 Å². The fourth-order valence-electron chi connectivity index (χ4n) is 0.856. The monoisotopic (exact) mass is 262 g/mol. The van der Waals surface area contributed by atoms with Crippen molar-refractivity contribution < 1.29 is 4.74 Å². The molecule has 1 aromatic rings. The van der Waals surface area contributed by atoms with Crippen LogP contribution in [0.4, 0.5) is 0 Å². The summed E-state index contributed by atoms with van der Waals surface area (Å²) in [6.07, 6.45) is 2.48. The van der Waals surface area contributed by atoms with Crippen LogP contribution in [0.5, 0.6) is 0 Å². The van der Waals surface area contributed by atoms with Crippen molar-refractivity contribution in [3.63, 3.8) is 0 Å². The van der Waals surface area contributed by atoms with Crippen LogP contribution in [-0.2, 0) is 11.2 Å². The van der Waals surface area contributed by atoms with Crippen LogP contribution in [0.15, 0.2) is 10.7 Å². The van der Waals surface area contributed by atoms with Crippen LogP contribution < -0.4 is 0 Å². The van der Waals surface area contributed by atoms with Crippen LogP contribution in [0.2, 0.25) is 0 Å². The van der Waals surface area contributed by atoms with Gasteiger partial charge < -0.3 is 9.72 Å². The highest BCUT2D eigenvalue weighted by Gasteiger charge is 1.96. The van der Waals surface area contributed by atoms with Gasteiger partial charge in [0.1, 0.15) is 10.5 Å². The predicted octanol–water partition coefficient (Wildman–Crippen LogP) is 2.48. The van der Waals surface area contributed by atoms with E-state index in [1.807, 2.05) is 6.92 Å². The number of nitrogens with zero attached hydrogens (tertiary/aromatic N) is 1. The second-order valence-corrected chi connectivity index (χ2v) is 3.72. The van der Waals surface area contributed by atoms with Crippen LogP contribution in [0.1, 0.15) is 12.7 Å². The Labute approximate surface area is 90.7 Å². The number of aromatic amines is 1. The minimum Gasteiger partial charge on any atom is -0.381 e. The first-order valence-electron chi connectivity index (χ1n) is 4.05. The van der Waals surface area contributed by atoms with Crippen molar-refractivity contribution in [2.75, 3.05) is 13.2 Å². The minimum absolute atomic E-state index is 0.677. The Balaban J connectivity index is 2.58. The zero-order valence-electron chi connectivity index (χ0n) is 7.34. The van der Waals surface area contributed by atoms with Gasteiger partial charge in [-0.1, -0.05) is 12.2 Å². The molecule has 5 heteroatoms. The van der Waals surface area contributed by atoms with Crippen LogP contribution in [0.25, 0.3) is 0 Å². The third-order valence-electron chi connectivity index (χ3n) is 1.50. The molecule has 13 heavy (non-hydrogen) atoms. The van der Waals surface area contributed by atoms with Crippen molar-refractivity contribution in [3.8, 4) is 0 Å². The summed E-state index contributed by atoms with van der Waals surface area (Å²) < 4.78 is 6.71. The Bertz CT molecular complexity index is 326. The Morgan fingerprint density at radius 3 is 3.08 bits per heavy atom. The standard InChI is InChI=1S/C8H11BrN2OS/c1-2-12-4-3-7-10-5-6(9)8(13)11-7/h5H,2-4H2,1H3,(H,10,11,13). The molecule has 0 aliphatic rings. The number of hydrogen-bond acceptors (Lipinski definition) is 3. The molecule has 0 spiro atoms. The summed E-state index contributed by atoms with van der Waals surface area (Å²) in [7, 11) is 0. The maximum atomic E-state index is 5.20. The van der Waals surface area contributed by atoms with E-state index in [0.29, 0.717) is 11.2 Å². The lowest BCUT2D eigenvalue weighted by Gasteiger charge is -2.01. The van der Waals surface area contributed by atoms with Gasteiger partial charge in [0, 0.05) is 19.2 Å². The summed E-state index contributed by atoms with van der Waals surface area (Å²) in [5.74, 6) is 0.863. The summed E-state index contributed by atoms with van der Waals surface area (Å²) in [6, 6.07) is 0. The lowest BCUT2D eigenvalue weighted by atomic mass is 10.4. The first-order valence-corrected chi connectivity index (χ1v) is 5.25. The number of ether oxygens (including phenoxy) is 1. The van der Waals surface area contributed by atoms with E-state index in [9.17, 15) is 0 Å². The maximum absolute atomic E-state index is 5.20. The molecule has 1 rings (SSSR count). The number of hydrogen-bond donors (Lipinski definition) is 1. The number of aromatic nitrogens is 2. The van der Waals surface area contributed by atoms with E-state index in [4.69, 9.17) is 17.0 Å². The topological polar surface area (TPSA) is 37.9 Å². The van der Waals surface area contributed by atoms with Crippen molar-refractivity contribution in [1.29, 1.82) is 0 Å². The average molecular weight is 263 g/mol. The van der Waals surface area contributed by atoms with E-state index < -0.39 is 0 Å². The minimum atomic E-state index is 0.677. The molecule has 1 aromatic heterocycles. The highest BCUT2D eigenvalue weighted by Crippen LogP contribution is 2.08. The third kappa shape index (κ3) is 3.54. The maximum Gasteiger partial charge on any atom is 0.120 e. The first kappa shape index (κ1) is 10.8. The number of H-pyrrole nitrogens is 1. The molecular weight excluding hydrogens is 252 g/mol. The van der Waals surface area contributed by atoms with E-state index in [1.165, 1.54) is 0 Å². The van der Waals surface area contributed by atoms with Gasteiger partial charge in [-0.3, -0.25) is 0 Å². The summed E-state index contributed by atoms with van der Waals surface area (Å²) in [6.45, 7) is 3.38. The molecule has 0 aromatic carbocycles. The van der Waals surface area contributed by atoms with Crippen LogP contribution in [0, 0.1) is 4.64 Å². The van der Waals surface area contributed by atoms with Gasteiger partial charge in [-0.25, -0.2) is 4.98 Å². The molecule has 3 nitrogen and oxygen atoms in total. The molecule has 0 unspecified atom stereocenters. The van der Waals surface area contributed by atoms with Gasteiger partial charge in [0.2, 0.25) is 0 Å². The van der Waals surface area contributed by atoms with Gasteiger partial charge in [0.25, 0.3) is 0 Å². The highest BCUT2D eigenvalue weighted by atomic mass is 79.9. The molecule has 0 saturated heterocycles. The van der Waals surface area contributed by atoms with Crippen LogP contribution in [0.3, 0.4) is 0 Å². The van der Waals surface area contributed by atoms with E-state index in [1.54, 1.807) is 6.20 Å². The molecule has 0 fully saturated rings. The molecule has 1 heterocycles. The van der Waals surface area contributed by atoms with Gasteiger partial charge in [-0.15, -0.1) is 0 Å². The van der Waals surface area contributed by atoms with Gasteiger partial charge in [0.15, 0.2) is 0 Å². The first-order chi connectivity index (χ1) is 6.24. The van der Waals surface area contributed by atoms with Crippen molar-refractivity contribution >= 4 is 28.1 Å². The summed E-state index contributed by atoms with van der Waals surface area (Å²) in [4.78, 5) is 7.17. The third-order valence-corrected chi connectivity index (χ3v) is 2.68. The zero-order valence-corrected chi connectivity index (χ0v) is 9.74. The molecule has 0 amide bonds. The Morgan fingerprint density at radius 2 is 2.46 bits per heavy atom. The van der Waals surface area contributed by atoms with Gasteiger partial charge in [0.05, 0.1) is 11.1 Å². The molecule has 0 bridgehead atoms. The smallest absolute Gasteiger partial charge is 0.120 e. The second kappa shape index (κ2) is 5.47. The zero-order chi connectivity index (χ0) is 9.68. The summed E-state index contributed by atoms with van der Waals surface area (Å²) in [5, 5.41) is 0. The van der Waals surface area contributed by atoms with E-state index in [2.05, 4.69) is 25.9 Å². The van der Waals surface area contributed by atoms with E-state index in [-0.39, 0.29) is 0 Å². The van der Waals surface area contributed by atoms with Crippen molar-refractivity contribution in [1.82, 2.24) is 9.97 Å². The lowest BCUT2D eigenvalue weighted by molar-refractivity contribution is 0.149. The van der Waals surface area contributed by atoms with Crippen LogP contribution in [-0.4, -0.2) is 23.2 Å². The molecule has 0 aliphatic carbocycles. The molecule has 0 saturated carbocycles. The van der Waals surface area contributed by atoms with E-state index >= 15 is 0 Å². The number of nitrogens with one attached hydrogen (secondary N) is 1. The molecule has 0 atom stereocenters. The van der Waals surface area contributed by atoms with E-state index in [0.717, 1.165) is 23.3 Å². The fraction of sp³-hybridized carbons (Fsp3) is 0.500. The molecule has 72 valence electrons. The Kier molecular flexibility index (Phi) is 4.55. The quantitative estimate of drug-likeness (QED) is 0.670. The number of rotatable bonds is 4. The summed E-state index contributed by atoms with van der Waals surface area (Å²) >= 11 is 8.32. The molecule has 0 radical (unpaired) electrons. The Morgan fingerprint density at radius 1 is 1.69 bits per heavy atom. The molecular formula is C8H11BrN2OS. The lowest BCUT2D eigenvalue weighted by Crippen LogP contribution is -2.02. The van der Waals surface area contributed by atoms with Crippen molar-refractivity contribution in [2.24, 2.45) is 0 Å². The predicted molar refractivity (Wildman–Crippen MR) is 57.3 cm³/mol. The normalized spacial score (nSPS) is 10.3. The highest BCUT2D eigenvalue weighted by molar-refractivity contribution is 9.10. The van der Waals surface area contributed by atoms with Crippen molar-refractivity contribution in [3.05, 3.63) is 21.1 Å². The SMILES string of the molecule is CCOCCc1ncc(Br)c(=S)[nH]1. The van der Waals surface area contributed by atoms with Crippen LogP contribution >= 0.6 is 28.1 Å².